The standard InChI is InChI=1S/C13H20N2O5S/c1-6-15(21(5,17)18)10-8-12(20-4)11(19-3)7-9(10)13(16)14-2/h7-8H,6H2,1-5H3,(H,14,16). The molecule has 0 aliphatic heterocycles. The summed E-state index contributed by atoms with van der Waals surface area (Å²) in [4.78, 5) is 12.0. The molecule has 0 fully saturated rings. The van der Waals surface area contributed by atoms with Crippen molar-refractivity contribution in [2.24, 2.45) is 0 Å². The summed E-state index contributed by atoms with van der Waals surface area (Å²) in [5, 5.41) is 2.48. The van der Waals surface area contributed by atoms with Crippen molar-refractivity contribution in [2.45, 2.75) is 6.92 Å². The Kier molecular flexibility index (Phi) is 5.42. The molecule has 1 N–H and O–H groups in total. The molecular formula is C13H20N2O5S. The minimum Gasteiger partial charge on any atom is -0.493 e. The second-order valence-corrected chi connectivity index (χ2v) is 6.14. The fourth-order valence-electron chi connectivity index (χ4n) is 1.97. The zero-order valence-electron chi connectivity index (χ0n) is 12.8. The first kappa shape index (κ1) is 17.1. The molecule has 1 rings (SSSR count). The lowest BCUT2D eigenvalue weighted by Gasteiger charge is -2.24. The summed E-state index contributed by atoms with van der Waals surface area (Å²) < 4.78 is 35.3. The van der Waals surface area contributed by atoms with E-state index in [0.717, 1.165) is 10.6 Å². The molecule has 0 bridgehead atoms. The lowest BCUT2D eigenvalue weighted by molar-refractivity contribution is 0.0963. The molecule has 1 aromatic carbocycles. The summed E-state index contributed by atoms with van der Waals surface area (Å²) in [6.07, 6.45) is 1.08. The van der Waals surface area contributed by atoms with Crippen molar-refractivity contribution in [2.75, 3.05) is 38.4 Å². The normalized spacial score (nSPS) is 10.9. The van der Waals surface area contributed by atoms with E-state index in [1.165, 1.54) is 33.4 Å². The average molecular weight is 316 g/mol. The van der Waals surface area contributed by atoms with Gasteiger partial charge in [0.2, 0.25) is 10.0 Å². The van der Waals surface area contributed by atoms with Crippen molar-refractivity contribution < 1.29 is 22.7 Å². The van der Waals surface area contributed by atoms with Gasteiger partial charge in [-0.05, 0) is 13.0 Å². The molecule has 8 heteroatoms. The van der Waals surface area contributed by atoms with Gasteiger partial charge in [-0.25, -0.2) is 8.42 Å². The van der Waals surface area contributed by atoms with Gasteiger partial charge in [0.15, 0.2) is 11.5 Å². The molecule has 0 unspecified atom stereocenters. The quantitative estimate of drug-likeness (QED) is 0.841. The number of benzene rings is 1. The van der Waals surface area contributed by atoms with Crippen molar-refractivity contribution in [1.82, 2.24) is 5.32 Å². The van der Waals surface area contributed by atoms with Gasteiger partial charge >= 0.3 is 0 Å². The molecule has 1 amide bonds. The molecule has 0 heterocycles. The number of anilines is 1. The van der Waals surface area contributed by atoms with E-state index in [9.17, 15) is 13.2 Å². The van der Waals surface area contributed by atoms with E-state index < -0.39 is 15.9 Å². The number of sulfonamides is 1. The predicted octanol–water partition coefficient (Wildman–Crippen LogP) is 0.849. The lowest BCUT2D eigenvalue weighted by atomic mass is 10.1. The van der Waals surface area contributed by atoms with E-state index in [2.05, 4.69) is 5.32 Å². The Balaban J connectivity index is 3.64. The summed E-state index contributed by atoms with van der Waals surface area (Å²) in [5.41, 5.74) is 0.444. The van der Waals surface area contributed by atoms with Crippen LogP contribution in [0.4, 0.5) is 5.69 Å². The number of hydrogen-bond donors (Lipinski definition) is 1. The fraction of sp³-hybridized carbons (Fsp3) is 0.462. The molecule has 118 valence electrons. The summed E-state index contributed by atoms with van der Waals surface area (Å²) in [6, 6.07) is 2.94. The van der Waals surface area contributed by atoms with Gasteiger partial charge in [-0.1, -0.05) is 0 Å². The molecule has 0 aromatic heterocycles. The third-order valence-electron chi connectivity index (χ3n) is 2.93. The fourth-order valence-corrected chi connectivity index (χ4v) is 2.95. The second-order valence-electron chi connectivity index (χ2n) is 4.23. The summed E-state index contributed by atoms with van der Waals surface area (Å²) in [7, 11) is 0.838. The molecule has 0 saturated heterocycles. The highest BCUT2D eigenvalue weighted by molar-refractivity contribution is 7.92. The number of hydrogen-bond acceptors (Lipinski definition) is 5. The van der Waals surface area contributed by atoms with Crippen LogP contribution in [0.3, 0.4) is 0 Å². The van der Waals surface area contributed by atoms with E-state index >= 15 is 0 Å². The van der Waals surface area contributed by atoms with Crippen LogP contribution in [-0.2, 0) is 10.0 Å². The number of ether oxygens (including phenoxy) is 2. The Morgan fingerprint density at radius 3 is 2.14 bits per heavy atom. The monoisotopic (exact) mass is 316 g/mol. The highest BCUT2D eigenvalue weighted by atomic mass is 32.2. The Morgan fingerprint density at radius 1 is 1.24 bits per heavy atom. The Bertz CT molecular complexity index is 628. The number of rotatable bonds is 6. The van der Waals surface area contributed by atoms with Gasteiger partial charge in [0, 0.05) is 19.7 Å². The van der Waals surface area contributed by atoms with Crippen molar-refractivity contribution in [1.29, 1.82) is 0 Å². The Labute approximate surface area is 124 Å². The van der Waals surface area contributed by atoms with Gasteiger partial charge in [0.05, 0.1) is 31.7 Å². The topological polar surface area (TPSA) is 84.9 Å². The molecule has 0 spiro atoms. The van der Waals surface area contributed by atoms with Crippen LogP contribution in [-0.4, -0.2) is 48.4 Å². The van der Waals surface area contributed by atoms with Gasteiger partial charge in [-0.2, -0.15) is 0 Å². The molecule has 7 nitrogen and oxygen atoms in total. The van der Waals surface area contributed by atoms with E-state index in [1.807, 2.05) is 0 Å². The summed E-state index contributed by atoms with van der Waals surface area (Å²) in [5.74, 6) is 0.291. The summed E-state index contributed by atoms with van der Waals surface area (Å²) in [6.45, 7) is 1.88. The van der Waals surface area contributed by atoms with Crippen molar-refractivity contribution >= 4 is 21.6 Å². The smallest absolute Gasteiger partial charge is 0.253 e. The van der Waals surface area contributed by atoms with Crippen LogP contribution >= 0.6 is 0 Å². The first-order valence-electron chi connectivity index (χ1n) is 6.25. The Hall–Kier alpha value is -1.96. The first-order chi connectivity index (χ1) is 9.79. The maximum Gasteiger partial charge on any atom is 0.253 e. The maximum atomic E-state index is 12.0. The van der Waals surface area contributed by atoms with Crippen molar-refractivity contribution in [3.63, 3.8) is 0 Å². The SMILES string of the molecule is CCN(c1cc(OC)c(OC)cc1C(=O)NC)S(C)(=O)=O. The lowest BCUT2D eigenvalue weighted by Crippen LogP contribution is -2.32. The van der Waals surface area contributed by atoms with Crippen molar-refractivity contribution in [3.05, 3.63) is 17.7 Å². The van der Waals surface area contributed by atoms with Gasteiger partial charge < -0.3 is 14.8 Å². The molecule has 0 saturated carbocycles. The molecule has 21 heavy (non-hydrogen) atoms. The maximum absolute atomic E-state index is 12.0. The zero-order chi connectivity index (χ0) is 16.2. The van der Waals surface area contributed by atoms with E-state index in [1.54, 1.807) is 6.92 Å². The van der Waals surface area contributed by atoms with E-state index in [4.69, 9.17) is 9.47 Å². The molecule has 0 atom stereocenters. The molecule has 0 radical (unpaired) electrons. The number of nitrogens with zero attached hydrogens (tertiary/aromatic N) is 1. The summed E-state index contributed by atoms with van der Waals surface area (Å²) >= 11 is 0. The Morgan fingerprint density at radius 2 is 1.76 bits per heavy atom. The number of carbonyl (C=O) groups is 1. The van der Waals surface area contributed by atoms with Crippen LogP contribution in [0.25, 0.3) is 0 Å². The van der Waals surface area contributed by atoms with Crippen LogP contribution < -0.4 is 19.1 Å². The first-order valence-corrected chi connectivity index (χ1v) is 8.10. The largest absolute Gasteiger partial charge is 0.493 e. The van der Waals surface area contributed by atoms with E-state index in [0.29, 0.717) is 11.5 Å². The predicted molar refractivity (Wildman–Crippen MR) is 80.8 cm³/mol. The van der Waals surface area contributed by atoms with Gasteiger partial charge in [-0.15, -0.1) is 0 Å². The van der Waals surface area contributed by atoms with Crippen molar-refractivity contribution in [3.8, 4) is 11.5 Å². The molecule has 1 aromatic rings. The van der Waals surface area contributed by atoms with Gasteiger partial charge in [0.25, 0.3) is 5.91 Å². The van der Waals surface area contributed by atoms with E-state index in [-0.39, 0.29) is 17.8 Å². The number of carbonyl (C=O) groups excluding carboxylic acids is 1. The minimum absolute atomic E-state index is 0.193. The average Bonchev–Trinajstić information content (AvgIpc) is 2.45. The second kappa shape index (κ2) is 6.66. The molecular weight excluding hydrogens is 296 g/mol. The van der Waals surface area contributed by atoms with Crippen LogP contribution in [0.15, 0.2) is 12.1 Å². The van der Waals surface area contributed by atoms with Crippen LogP contribution in [0.1, 0.15) is 17.3 Å². The third-order valence-corrected chi connectivity index (χ3v) is 4.19. The number of nitrogens with one attached hydrogen (secondary N) is 1. The highest BCUT2D eigenvalue weighted by Gasteiger charge is 2.24. The van der Waals surface area contributed by atoms with Crippen LogP contribution in [0, 0.1) is 0 Å². The third kappa shape index (κ3) is 3.57. The minimum atomic E-state index is -3.52. The molecule has 0 aliphatic carbocycles. The number of methoxy groups -OCH3 is 2. The number of amides is 1. The van der Waals surface area contributed by atoms with Crippen LogP contribution in [0.5, 0.6) is 11.5 Å². The highest BCUT2D eigenvalue weighted by Crippen LogP contribution is 2.36. The van der Waals surface area contributed by atoms with Crippen LogP contribution in [0.2, 0.25) is 0 Å². The molecule has 0 aliphatic rings. The van der Waals surface area contributed by atoms with Gasteiger partial charge in [0.1, 0.15) is 0 Å². The van der Waals surface area contributed by atoms with Gasteiger partial charge in [-0.3, -0.25) is 9.10 Å². The zero-order valence-corrected chi connectivity index (χ0v) is 13.6.